The van der Waals surface area contributed by atoms with Crippen molar-refractivity contribution in [1.82, 2.24) is 4.98 Å². The van der Waals surface area contributed by atoms with E-state index in [2.05, 4.69) is 37.0 Å². The summed E-state index contributed by atoms with van der Waals surface area (Å²) >= 11 is 0. The SMILES string of the molecule is CCOC(=O)C1Cc2[nH]c3ccccc3c2C(C)C1C. The molecule has 3 heteroatoms. The molecule has 20 heavy (non-hydrogen) atoms. The van der Waals surface area contributed by atoms with E-state index in [-0.39, 0.29) is 11.9 Å². The molecule has 0 amide bonds. The first-order chi connectivity index (χ1) is 9.63. The van der Waals surface area contributed by atoms with Crippen LogP contribution in [0.2, 0.25) is 0 Å². The molecular formula is C17H21NO2. The number of fused-ring (bicyclic) bond motifs is 3. The van der Waals surface area contributed by atoms with Gasteiger partial charge in [-0.25, -0.2) is 0 Å². The van der Waals surface area contributed by atoms with Gasteiger partial charge in [0.05, 0.1) is 12.5 Å². The van der Waals surface area contributed by atoms with Crippen molar-refractivity contribution in [2.24, 2.45) is 11.8 Å². The van der Waals surface area contributed by atoms with Gasteiger partial charge in [-0.2, -0.15) is 0 Å². The van der Waals surface area contributed by atoms with Crippen LogP contribution in [0.4, 0.5) is 0 Å². The van der Waals surface area contributed by atoms with Crippen LogP contribution < -0.4 is 0 Å². The zero-order valence-corrected chi connectivity index (χ0v) is 12.3. The molecule has 1 aliphatic carbocycles. The van der Waals surface area contributed by atoms with Gasteiger partial charge in [-0.05, 0) is 30.4 Å². The molecule has 3 nitrogen and oxygen atoms in total. The van der Waals surface area contributed by atoms with Crippen molar-refractivity contribution in [1.29, 1.82) is 0 Å². The van der Waals surface area contributed by atoms with E-state index in [1.165, 1.54) is 22.2 Å². The summed E-state index contributed by atoms with van der Waals surface area (Å²) in [4.78, 5) is 15.6. The third-order valence-corrected chi connectivity index (χ3v) is 4.72. The Bertz CT molecular complexity index is 643. The maximum Gasteiger partial charge on any atom is 0.309 e. The van der Waals surface area contributed by atoms with E-state index in [9.17, 15) is 4.79 Å². The van der Waals surface area contributed by atoms with E-state index in [0.717, 1.165) is 6.42 Å². The van der Waals surface area contributed by atoms with Crippen LogP contribution in [0.1, 0.15) is 37.9 Å². The number of carbonyl (C=O) groups is 1. The molecule has 1 aliphatic rings. The molecule has 1 heterocycles. The van der Waals surface area contributed by atoms with Gasteiger partial charge in [-0.3, -0.25) is 4.79 Å². The fourth-order valence-corrected chi connectivity index (χ4v) is 3.46. The highest BCUT2D eigenvalue weighted by atomic mass is 16.5. The summed E-state index contributed by atoms with van der Waals surface area (Å²) in [6, 6.07) is 8.38. The normalized spacial score (nSPS) is 25.4. The van der Waals surface area contributed by atoms with Crippen LogP contribution in [-0.4, -0.2) is 17.6 Å². The van der Waals surface area contributed by atoms with Crippen molar-refractivity contribution in [2.45, 2.75) is 33.1 Å². The topological polar surface area (TPSA) is 42.1 Å². The lowest BCUT2D eigenvalue weighted by atomic mass is 9.72. The van der Waals surface area contributed by atoms with Crippen LogP contribution >= 0.6 is 0 Å². The van der Waals surface area contributed by atoms with Crippen LogP contribution in [-0.2, 0) is 16.0 Å². The molecule has 3 atom stereocenters. The van der Waals surface area contributed by atoms with Crippen LogP contribution in [0.3, 0.4) is 0 Å². The van der Waals surface area contributed by atoms with Gasteiger partial charge in [0, 0.05) is 23.0 Å². The van der Waals surface area contributed by atoms with E-state index in [4.69, 9.17) is 4.74 Å². The van der Waals surface area contributed by atoms with Crippen LogP contribution in [0, 0.1) is 11.8 Å². The highest BCUT2D eigenvalue weighted by Gasteiger charge is 2.38. The van der Waals surface area contributed by atoms with Gasteiger partial charge in [0.2, 0.25) is 0 Å². The first-order valence-electron chi connectivity index (χ1n) is 7.39. The highest BCUT2D eigenvalue weighted by Crippen LogP contribution is 2.43. The van der Waals surface area contributed by atoms with Gasteiger partial charge < -0.3 is 9.72 Å². The maximum absolute atomic E-state index is 12.1. The average Bonchev–Trinajstić information content (AvgIpc) is 2.81. The van der Waals surface area contributed by atoms with Gasteiger partial charge in [-0.1, -0.05) is 32.0 Å². The second kappa shape index (κ2) is 4.97. The standard InChI is InChI=1S/C17H21NO2/c1-4-20-17(19)13-9-15-16(11(3)10(13)2)12-7-5-6-8-14(12)18-15/h5-8,10-11,13,18H,4,9H2,1-3H3. The molecule has 106 valence electrons. The van der Waals surface area contributed by atoms with Crippen molar-refractivity contribution in [3.63, 3.8) is 0 Å². The monoisotopic (exact) mass is 271 g/mol. The Kier molecular flexibility index (Phi) is 3.28. The van der Waals surface area contributed by atoms with E-state index >= 15 is 0 Å². The number of H-pyrrole nitrogens is 1. The van der Waals surface area contributed by atoms with Crippen molar-refractivity contribution in [3.8, 4) is 0 Å². The Morgan fingerprint density at radius 1 is 1.35 bits per heavy atom. The first kappa shape index (κ1) is 13.2. The maximum atomic E-state index is 12.1. The molecule has 0 spiro atoms. The van der Waals surface area contributed by atoms with Gasteiger partial charge in [-0.15, -0.1) is 0 Å². The van der Waals surface area contributed by atoms with E-state index in [1.807, 2.05) is 13.0 Å². The summed E-state index contributed by atoms with van der Waals surface area (Å²) in [5.41, 5.74) is 3.75. The van der Waals surface area contributed by atoms with Crippen LogP contribution in [0.15, 0.2) is 24.3 Å². The number of benzene rings is 1. The Labute approximate surface area is 119 Å². The number of carbonyl (C=O) groups excluding carboxylic acids is 1. The number of esters is 1. The number of rotatable bonds is 2. The number of hydrogen-bond acceptors (Lipinski definition) is 2. The molecule has 0 bridgehead atoms. The predicted octanol–water partition coefficient (Wildman–Crippen LogP) is 3.64. The van der Waals surface area contributed by atoms with Gasteiger partial charge in [0.15, 0.2) is 0 Å². The Hall–Kier alpha value is -1.77. The molecule has 0 radical (unpaired) electrons. The second-order valence-corrected chi connectivity index (χ2v) is 5.77. The van der Waals surface area contributed by atoms with Crippen LogP contribution in [0.5, 0.6) is 0 Å². The summed E-state index contributed by atoms with van der Waals surface area (Å²) in [6.07, 6.45) is 0.758. The molecule has 3 unspecified atom stereocenters. The van der Waals surface area contributed by atoms with Gasteiger partial charge in [0.25, 0.3) is 0 Å². The number of ether oxygens (including phenoxy) is 1. The molecule has 1 aromatic heterocycles. The van der Waals surface area contributed by atoms with Gasteiger partial charge in [0.1, 0.15) is 0 Å². The van der Waals surface area contributed by atoms with Crippen molar-refractivity contribution in [2.75, 3.05) is 6.61 Å². The van der Waals surface area contributed by atoms with Crippen molar-refractivity contribution < 1.29 is 9.53 Å². The van der Waals surface area contributed by atoms with E-state index in [1.54, 1.807) is 0 Å². The van der Waals surface area contributed by atoms with E-state index < -0.39 is 0 Å². The predicted molar refractivity (Wildman–Crippen MR) is 79.7 cm³/mol. The minimum atomic E-state index is -0.0591. The molecule has 2 aromatic rings. The Balaban J connectivity index is 2.04. The summed E-state index contributed by atoms with van der Waals surface area (Å²) in [5, 5.41) is 1.30. The van der Waals surface area contributed by atoms with Crippen molar-refractivity contribution in [3.05, 3.63) is 35.5 Å². The van der Waals surface area contributed by atoms with E-state index in [0.29, 0.717) is 18.4 Å². The molecule has 0 aliphatic heterocycles. The summed E-state index contributed by atoms with van der Waals surface area (Å²) in [6.45, 7) is 6.70. The number of aromatic nitrogens is 1. The highest BCUT2D eigenvalue weighted by molar-refractivity contribution is 5.86. The van der Waals surface area contributed by atoms with Crippen molar-refractivity contribution >= 4 is 16.9 Å². The van der Waals surface area contributed by atoms with Crippen LogP contribution in [0.25, 0.3) is 10.9 Å². The fraction of sp³-hybridized carbons (Fsp3) is 0.471. The molecule has 3 rings (SSSR count). The quantitative estimate of drug-likeness (QED) is 0.847. The summed E-state index contributed by atoms with van der Waals surface area (Å²) in [5.74, 6) is 0.576. The lowest BCUT2D eigenvalue weighted by Crippen LogP contribution is -2.33. The second-order valence-electron chi connectivity index (χ2n) is 5.77. The third-order valence-electron chi connectivity index (χ3n) is 4.72. The molecule has 0 fully saturated rings. The molecule has 1 aromatic carbocycles. The number of aromatic amines is 1. The number of nitrogens with one attached hydrogen (secondary N) is 1. The Morgan fingerprint density at radius 3 is 2.85 bits per heavy atom. The minimum absolute atomic E-state index is 0.0366. The zero-order chi connectivity index (χ0) is 14.3. The summed E-state index contributed by atoms with van der Waals surface area (Å²) in [7, 11) is 0. The lowest BCUT2D eigenvalue weighted by Gasteiger charge is -2.32. The largest absolute Gasteiger partial charge is 0.466 e. The molecule has 0 saturated heterocycles. The molecule has 1 N–H and O–H groups in total. The zero-order valence-electron chi connectivity index (χ0n) is 12.3. The summed E-state index contributed by atoms with van der Waals surface area (Å²) < 4.78 is 5.24. The number of hydrogen-bond donors (Lipinski definition) is 1. The third kappa shape index (κ3) is 1.92. The lowest BCUT2D eigenvalue weighted by molar-refractivity contribution is -0.150. The van der Waals surface area contributed by atoms with Gasteiger partial charge >= 0.3 is 5.97 Å². The fourth-order valence-electron chi connectivity index (χ4n) is 3.46. The number of para-hydroxylation sites is 1. The first-order valence-corrected chi connectivity index (χ1v) is 7.39. The smallest absolute Gasteiger partial charge is 0.309 e. The molecular weight excluding hydrogens is 250 g/mol. The Morgan fingerprint density at radius 2 is 2.10 bits per heavy atom. The minimum Gasteiger partial charge on any atom is -0.466 e. The average molecular weight is 271 g/mol. The molecule has 0 saturated carbocycles.